The smallest absolute Gasteiger partial charge is 0.795 e. The largest absolute Gasteiger partial charge is 1.00 e. The van der Waals surface area contributed by atoms with Gasteiger partial charge in [-0.2, -0.15) is 10.2 Å². The predicted molar refractivity (Wildman–Crippen MR) is 95.1 cm³/mol. The SMILES string of the molecule is N#Cc1nc(-c2csc(C(=O)c3cn(P(=O)([O-])[O-])c4ccccc34)n2)oc1N.[Na+].[Na+]. The summed E-state index contributed by atoms with van der Waals surface area (Å²) >= 11 is 0.976. The first-order chi connectivity index (χ1) is 13.3. The zero-order chi connectivity index (χ0) is 20.1. The van der Waals surface area contributed by atoms with Gasteiger partial charge in [-0.25, -0.2) is 4.98 Å². The molecule has 30 heavy (non-hydrogen) atoms. The molecule has 3 heterocycles. The fourth-order valence-corrected chi connectivity index (χ4v) is 4.10. The van der Waals surface area contributed by atoms with E-state index in [2.05, 4.69) is 9.97 Å². The van der Waals surface area contributed by atoms with E-state index in [-0.39, 0.29) is 98.4 Å². The number of hydrogen-bond donors (Lipinski definition) is 1. The van der Waals surface area contributed by atoms with Crippen LogP contribution in [0.15, 0.2) is 40.3 Å². The van der Waals surface area contributed by atoms with Gasteiger partial charge in [-0.05, 0) is 6.07 Å². The van der Waals surface area contributed by atoms with Crippen LogP contribution in [0.2, 0.25) is 0 Å². The van der Waals surface area contributed by atoms with Gasteiger partial charge in [0.1, 0.15) is 11.8 Å². The maximum Gasteiger partial charge on any atom is 1.00 e. The van der Waals surface area contributed by atoms with Gasteiger partial charge in [0.25, 0.3) is 0 Å². The summed E-state index contributed by atoms with van der Waals surface area (Å²) in [7, 11) is -5.15. The van der Waals surface area contributed by atoms with Crippen LogP contribution < -0.4 is 74.6 Å². The summed E-state index contributed by atoms with van der Waals surface area (Å²) < 4.78 is 17.2. The Morgan fingerprint density at radius 1 is 1.27 bits per heavy atom. The molecular weight excluding hydrogens is 451 g/mol. The van der Waals surface area contributed by atoms with Crippen molar-refractivity contribution in [3.8, 4) is 17.7 Å². The molecule has 0 atom stereocenters. The summed E-state index contributed by atoms with van der Waals surface area (Å²) in [5.41, 5.74) is 5.75. The van der Waals surface area contributed by atoms with E-state index in [0.29, 0.717) is 9.72 Å². The third kappa shape index (κ3) is 4.49. The molecule has 140 valence electrons. The van der Waals surface area contributed by atoms with E-state index in [1.165, 1.54) is 17.5 Å². The van der Waals surface area contributed by atoms with Crippen LogP contribution in [-0.2, 0) is 4.57 Å². The number of carbonyl (C=O) groups excluding carboxylic acids is 1. The summed E-state index contributed by atoms with van der Waals surface area (Å²) in [6, 6.07) is 7.92. The zero-order valence-electron chi connectivity index (χ0n) is 15.7. The number of fused-ring (bicyclic) bond motifs is 1. The number of anilines is 1. The van der Waals surface area contributed by atoms with Crippen molar-refractivity contribution in [1.29, 1.82) is 5.26 Å². The van der Waals surface area contributed by atoms with Crippen molar-refractivity contribution in [1.82, 2.24) is 14.3 Å². The number of nitrogens with zero attached hydrogens (tertiary/aromatic N) is 4. The molecule has 14 heteroatoms. The topological polar surface area (TPSA) is 174 Å². The van der Waals surface area contributed by atoms with Crippen LogP contribution in [0.25, 0.3) is 22.5 Å². The minimum atomic E-state index is -5.15. The Balaban J connectivity index is 0.00000160. The standard InChI is InChI=1S/C16H10N5O5PS.2Na/c17-5-10-14(18)26-15(19-10)11-7-28-16(20-11)13(22)9-6-21(27(23,24)25)12-4-2-1-3-8(9)12;;/h1-4,6-7H,18H2,(H2,23,24,25);;/q;2*+1/p-2. The van der Waals surface area contributed by atoms with Gasteiger partial charge in [-0.3, -0.25) is 4.79 Å². The van der Waals surface area contributed by atoms with Gasteiger partial charge in [-0.1, -0.05) is 18.2 Å². The van der Waals surface area contributed by atoms with Crippen molar-refractivity contribution in [2.24, 2.45) is 0 Å². The van der Waals surface area contributed by atoms with Crippen molar-refractivity contribution in [2.45, 2.75) is 0 Å². The number of rotatable bonds is 4. The molecule has 0 amide bonds. The van der Waals surface area contributed by atoms with Crippen LogP contribution in [-0.4, -0.2) is 20.1 Å². The second-order valence-electron chi connectivity index (χ2n) is 5.58. The number of thiazole rings is 1. The fourth-order valence-electron chi connectivity index (χ4n) is 2.66. The Kier molecular flexibility index (Phi) is 7.88. The third-order valence-corrected chi connectivity index (χ3v) is 5.58. The predicted octanol–water partition coefficient (Wildman–Crippen LogP) is -4.88. The molecule has 0 aliphatic carbocycles. The van der Waals surface area contributed by atoms with Gasteiger partial charge in [0.15, 0.2) is 5.01 Å². The number of benzene rings is 1. The van der Waals surface area contributed by atoms with E-state index in [4.69, 9.17) is 15.4 Å². The monoisotopic (exact) mass is 459 g/mol. The van der Waals surface area contributed by atoms with E-state index in [0.717, 1.165) is 17.5 Å². The molecule has 2 N–H and O–H groups in total. The van der Waals surface area contributed by atoms with Gasteiger partial charge < -0.3 is 28.8 Å². The molecule has 0 fully saturated rings. The second kappa shape index (κ2) is 9.46. The fraction of sp³-hybridized carbons (Fsp3) is 0. The zero-order valence-corrected chi connectivity index (χ0v) is 21.4. The third-order valence-electron chi connectivity index (χ3n) is 3.88. The number of ketones is 1. The summed E-state index contributed by atoms with van der Waals surface area (Å²) in [5, 5.41) is 10.7. The average molecular weight is 459 g/mol. The number of carbonyl (C=O) groups is 1. The number of oxazole rings is 1. The molecule has 0 saturated carbocycles. The van der Waals surface area contributed by atoms with E-state index in [9.17, 15) is 19.1 Å². The Morgan fingerprint density at radius 2 is 1.97 bits per heavy atom. The number of aromatic nitrogens is 3. The van der Waals surface area contributed by atoms with Gasteiger partial charge in [-0.15, -0.1) is 11.3 Å². The first-order valence-corrected chi connectivity index (χ1v) is 9.97. The van der Waals surface area contributed by atoms with E-state index >= 15 is 0 Å². The first-order valence-electron chi connectivity index (χ1n) is 7.59. The molecule has 3 aromatic heterocycles. The number of nitrogens with two attached hydrogens (primary N) is 1. The average Bonchev–Trinajstić information content (AvgIpc) is 3.36. The Bertz CT molecular complexity index is 1340. The number of para-hydroxylation sites is 1. The van der Waals surface area contributed by atoms with E-state index in [1.807, 2.05) is 0 Å². The maximum absolute atomic E-state index is 12.9. The molecule has 0 spiro atoms. The molecule has 4 aromatic rings. The van der Waals surface area contributed by atoms with Crippen LogP contribution in [0, 0.1) is 11.3 Å². The molecule has 0 saturated heterocycles. The summed E-state index contributed by atoms with van der Waals surface area (Å²) in [6.07, 6.45) is 0.992. The van der Waals surface area contributed by atoms with Crippen LogP contribution in [0.3, 0.4) is 0 Å². The van der Waals surface area contributed by atoms with Crippen molar-refractivity contribution >= 4 is 41.7 Å². The first kappa shape index (κ1) is 25.0. The molecule has 0 aliphatic heterocycles. The van der Waals surface area contributed by atoms with Gasteiger partial charge in [0.2, 0.25) is 23.3 Å². The summed E-state index contributed by atoms with van der Waals surface area (Å²) in [5.74, 6) is -0.752. The number of nitriles is 1. The summed E-state index contributed by atoms with van der Waals surface area (Å²) in [6.45, 7) is 0. The van der Waals surface area contributed by atoms with Crippen molar-refractivity contribution < 1.29 is 82.7 Å². The van der Waals surface area contributed by atoms with Crippen LogP contribution in [0.1, 0.15) is 21.1 Å². The van der Waals surface area contributed by atoms with Crippen LogP contribution in [0.5, 0.6) is 0 Å². The van der Waals surface area contributed by atoms with Crippen molar-refractivity contribution in [2.75, 3.05) is 5.73 Å². The Hall–Kier alpha value is -1.29. The molecule has 0 unspecified atom stereocenters. The van der Waals surface area contributed by atoms with Crippen LogP contribution >= 0.6 is 19.1 Å². The minimum Gasteiger partial charge on any atom is -0.795 e. The molecular formula is C16H8N5Na2O5PS. The molecule has 10 nitrogen and oxygen atoms in total. The molecule has 0 radical (unpaired) electrons. The quantitative estimate of drug-likeness (QED) is 0.178. The van der Waals surface area contributed by atoms with Gasteiger partial charge in [0, 0.05) is 24.7 Å². The molecule has 1 aromatic carbocycles. The van der Waals surface area contributed by atoms with Gasteiger partial charge in [0.05, 0.1) is 11.1 Å². The minimum absolute atomic E-state index is 0. The van der Waals surface area contributed by atoms with Crippen molar-refractivity contribution in [3.05, 3.63) is 52.1 Å². The van der Waals surface area contributed by atoms with E-state index in [1.54, 1.807) is 18.2 Å². The summed E-state index contributed by atoms with van der Waals surface area (Å²) in [4.78, 5) is 44.0. The molecule has 0 aliphatic rings. The second-order valence-corrected chi connectivity index (χ2v) is 7.81. The molecule has 0 bridgehead atoms. The Labute approximate surface area is 217 Å². The number of hydrogen-bond acceptors (Lipinski definition) is 10. The maximum atomic E-state index is 12.9. The van der Waals surface area contributed by atoms with Gasteiger partial charge >= 0.3 is 59.1 Å². The normalized spacial score (nSPS) is 10.8. The molecule has 4 rings (SSSR count). The Morgan fingerprint density at radius 3 is 2.60 bits per heavy atom. The van der Waals surface area contributed by atoms with Crippen molar-refractivity contribution in [3.63, 3.8) is 0 Å². The number of nitrogen functional groups attached to an aromatic ring is 1. The van der Waals surface area contributed by atoms with E-state index < -0.39 is 13.5 Å². The van der Waals surface area contributed by atoms with Crippen LogP contribution in [0.4, 0.5) is 5.88 Å².